The molecule has 0 heterocycles. The van der Waals surface area contributed by atoms with Gasteiger partial charge in [-0.3, -0.25) is 4.79 Å². The number of aryl methyl sites for hydroxylation is 1. The minimum absolute atomic E-state index is 0.330. The zero-order valence-corrected chi connectivity index (χ0v) is 16.0. The topological polar surface area (TPSA) is 41.1 Å². The molecule has 3 nitrogen and oxygen atoms in total. The highest BCUT2D eigenvalue weighted by molar-refractivity contribution is 9.10. The summed E-state index contributed by atoms with van der Waals surface area (Å²) in [5, 5.41) is 5.71. The Morgan fingerprint density at radius 2 is 1.78 bits per heavy atom. The van der Waals surface area contributed by atoms with Gasteiger partial charge in [0.25, 0.3) is 5.91 Å². The maximum atomic E-state index is 12.3. The monoisotopic (exact) mass is 434 g/mol. The number of halogens is 4. The Bertz CT molecular complexity index is 686. The third-order valence-electron chi connectivity index (χ3n) is 3.05. The van der Waals surface area contributed by atoms with Gasteiger partial charge in [-0.1, -0.05) is 74.5 Å². The van der Waals surface area contributed by atoms with Crippen LogP contribution in [0.1, 0.15) is 15.9 Å². The summed E-state index contributed by atoms with van der Waals surface area (Å²) in [7, 11) is 0. The number of amides is 1. The average Bonchev–Trinajstić information content (AvgIpc) is 2.46. The molecule has 2 aromatic rings. The van der Waals surface area contributed by atoms with Crippen molar-refractivity contribution < 1.29 is 4.79 Å². The fourth-order valence-corrected chi connectivity index (χ4v) is 2.59. The Morgan fingerprint density at radius 3 is 2.35 bits per heavy atom. The highest BCUT2D eigenvalue weighted by atomic mass is 79.9. The van der Waals surface area contributed by atoms with Crippen molar-refractivity contribution >= 4 is 62.3 Å². The van der Waals surface area contributed by atoms with Gasteiger partial charge in [-0.25, -0.2) is 0 Å². The summed E-state index contributed by atoms with van der Waals surface area (Å²) in [6, 6.07) is 14.5. The summed E-state index contributed by atoms with van der Waals surface area (Å²) in [6.45, 7) is 1.95. The lowest BCUT2D eigenvalue weighted by atomic mass is 10.1. The molecule has 0 bridgehead atoms. The second-order valence-electron chi connectivity index (χ2n) is 4.97. The lowest BCUT2D eigenvalue weighted by Gasteiger charge is -2.27. The van der Waals surface area contributed by atoms with Gasteiger partial charge in [0.15, 0.2) is 0 Å². The number of nitrogens with one attached hydrogen (secondary N) is 2. The van der Waals surface area contributed by atoms with Gasteiger partial charge >= 0.3 is 0 Å². The third-order valence-corrected chi connectivity index (χ3v) is 4.20. The molecule has 0 aliphatic rings. The van der Waals surface area contributed by atoms with Crippen LogP contribution >= 0.6 is 50.7 Å². The number of hydrogen-bond acceptors (Lipinski definition) is 2. The van der Waals surface area contributed by atoms with Crippen molar-refractivity contribution in [3.05, 3.63) is 64.1 Å². The molecule has 0 aliphatic heterocycles. The molecule has 0 spiro atoms. The van der Waals surface area contributed by atoms with E-state index in [4.69, 9.17) is 34.8 Å². The van der Waals surface area contributed by atoms with Crippen molar-refractivity contribution in [3.63, 3.8) is 0 Å². The quantitative estimate of drug-likeness (QED) is 0.505. The Balaban J connectivity index is 2.16. The first-order valence-corrected chi connectivity index (χ1v) is 8.65. The minimum atomic E-state index is -1.72. The highest BCUT2D eigenvalue weighted by Crippen LogP contribution is 2.31. The first-order chi connectivity index (χ1) is 10.8. The summed E-state index contributed by atoms with van der Waals surface area (Å²) in [6.07, 6.45) is -0.893. The fraction of sp³-hybridized carbons (Fsp3) is 0.188. The van der Waals surface area contributed by atoms with Gasteiger partial charge in [-0.15, -0.1) is 0 Å². The standard InChI is InChI=1S/C16H14BrCl3N2O/c1-10-5-7-11(8-6-10)14(23)22-15(16(18,19)20)21-13-4-2-3-12(17)9-13/h2-9,15,21H,1H3,(H,22,23). The molecule has 7 heteroatoms. The van der Waals surface area contributed by atoms with Crippen LogP contribution in [-0.2, 0) is 0 Å². The number of anilines is 1. The number of hydrogen-bond donors (Lipinski definition) is 2. The maximum Gasteiger partial charge on any atom is 0.252 e. The second kappa shape index (κ2) is 7.75. The lowest BCUT2D eigenvalue weighted by molar-refractivity contribution is 0.0942. The zero-order chi connectivity index (χ0) is 17.0. The Morgan fingerprint density at radius 1 is 1.13 bits per heavy atom. The first-order valence-electron chi connectivity index (χ1n) is 6.72. The van der Waals surface area contributed by atoms with Crippen LogP contribution in [0.15, 0.2) is 53.0 Å². The van der Waals surface area contributed by atoms with Gasteiger partial charge in [0.2, 0.25) is 3.79 Å². The van der Waals surface area contributed by atoms with E-state index in [1.54, 1.807) is 12.1 Å². The van der Waals surface area contributed by atoms with Gasteiger partial charge in [-0.2, -0.15) is 0 Å². The van der Waals surface area contributed by atoms with E-state index in [-0.39, 0.29) is 5.91 Å². The highest BCUT2D eigenvalue weighted by Gasteiger charge is 2.34. The molecule has 2 rings (SSSR count). The van der Waals surface area contributed by atoms with Crippen LogP contribution in [0.25, 0.3) is 0 Å². The predicted octanol–water partition coefficient (Wildman–Crippen LogP) is 5.30. The van der Waals surface area contributed by atoms with Crippen molar-refractivity contribution in [1.82, 2.24) is 5.32 Å². The van der Waals surface area contributed by atoms with Gasteiger partial charge < -0.3 is 10.6 Å². The van der Waals surface area contributed by atoms with E-state index in [0.717, 1.165) is 10.0 Å². The summed E-state index contributed by atoms with van der Waals surface area (Å²) in [5.74, 6) is -0.330. The van der Waals surface area contributed by atoms with E-state index in [0.29, 0.717) is 11.3 Å². The second-order valence-corrected chi connectivity index (χ2v) is 8.25. The molecule has 23 heavy (non-hydrogen) atoms. The maximum absolute atomic E-state index is 12.3. The smallest absolute Gasteiger partial charge is 0.252 e. The number of carbonyl (C=O) groups excluding carboxylic acids is 1. The van der Waals surface area contributed by atoms with Crippen molar-refractivity contribution in [2.24, 2.45) is 0 Å². The summed E-state index contributed by atoms with van der Waals surface area (Å²) in [5.41, 5.74) is 2.26. The summed E-state index contributed by atoms with van der Waals surface area (Å²) in [4.78, 5) is 12.3. The van der Waals surface area contributed by atoms with E-state index >= 15 is 0 Å². The SMILES string of the molecule is Cc1ccc(C(=O)NC(Nc2cccc(Br)c2)C(Cl)(Cl)Cl)cc1. The van der Waals surface area contributed by atoms with Crippen LogP contribution in [0.5, 0.6) is 0 Å². The van der Waals surface area contributed by atoms with Crippen molar-refractivity contribution in [1.29, 1.82) is 0 Å². The molecule has 0 aromatic heterocycles. The first kappa shape index (κ1) is 18.4. The van der Waals surface area contributed by atoms with Crippen LogP contribution in [0.4, 0.5) is 5.69 Å². The van der Waals surface area contributed by atoms with Crippen LogP contribution < -0.4 is 10.6 Å². The van der Waals surface area contributed by atoms with E-state index in [1.807, 2.05) is 43.3 Å². The molecular weight excluding hydrogens is 422 g/mol. The molecule has 0 aliphatic carbocycles. The van der Waals surface area contributed by atoms with Gasteiger partial charge in [0.1, 0.15) is 6.17 Å². The molecule has 0 saturated carbocycles. The Hall–Kier alpha value is -0.940. The molecule has 2 aromatic carbocycles. The number of carbonyl (C=O) groups is 1. The van der Waals surface area contributed by atoms with E-state index in [9.17, 15) is 4.79 Å². The minimum Gasteiger partial charge on any atom is -0.362 e. The molecule has 0 saturated heterocycles. The molecule has 122 valence electrons. The van der Waals surface area contributed by atoms with Crippen LogP contribution in [0, 0.1) is 6.92 Å². The van der Waals surface area contributed by atoms with Gasteiger partial charge in [0.05, 0.1) is 0 Å². The average molecular weight is 437 g/mol. The lowest BCUT2D eigenvalue weighted by Crippen LogP contribution is -2.49. The van der Waals surface area contributed by atoms with Crippen molar-refractivity contribution in [2.45, 2.75) is 16.9 Å². The van der Waals surface area contributed by atoms with E-state index in [1.165, 1.54) is 0 Å². The molecule has 0 fully saturated rings. The van der Waals surface area contributed by atoms with Crippen LogP contribution in [0.2, 0.25) is 0 Å². The van der Waals surface area contributed by atoms with Gasteiger partial charge in [-0.05, 0) is 37.3 Å². The molecule has 2 N–H and O–H groups in total. The Kier molecular flexibility index (Phi) is 6.20. The largest absolute Gasteiger partial charge is 0.362 e. The molecule has 1 amide bonds. The molecule has 0 radical (unpaired) electrons. The molecule has 1 atom stereocenters. The number of alkyl halides is 3. The third kappa shape index (κ3) is 5.57. The number of benzene rings is 2. The molecule has 1 unspecified atom stereocenters. The summed E-state index contributed by atoms with van der Waals surface area (Å²) >= 11 is 21.3. The predicted molar refractivity (Wildman–Crippen MR) is 100 cm³/mol. The number of rotatable bonds is 4. The molecular formula is C16H14BrCl3N2O. The van der Waals surface area contributed by atoms with Crippen molar-refractivity contribution in [3.8, 4) is 0 Å². The van der Waals surface area contributed by atoms with E-state index in [2.05, 4.69) is 26.6 Å². The van der Waals surface area contributed by atoms with Crippen molar-refractivity contribution in [2.75, 3.05) is 5.32 Å². The zero-order valence-electron chi connectivity index (χ0n) is 12.1. The summed E-state index contributed by atoms with van der Waals surface area (Å²) < 4.78 is -0.849. The normalized spacial score (nSPS) is 12.6. The Labute approximate surface area is 158 Å². The van der Waals surface area contributed by atoms with Crippen LogP contribution in [0.3, 0.4) is 0 Å². The van der Waals surface area contributed by atoms with E-state index < -0.39 is 9.96 Å². The van der Waals surface area contributed by atoms with Gasteiger partial charge in [0, 0.05) is 15.7 Å². The van der Waals surface area contributed by atoms with Crippen LogP contribution in [-0.4, -0.2) is 15.9 Å². The fourth-order valence-electron chi connectivity index (χ4n) is 1.86.